The molecule has 0 aromatic heterocycles. The minimum atomic E-state index is -0.768. The minimum Gasteiger partial charge on any atom is -0.462 e. The predicted molar refractivity (Wildman–Crippen MR) is 312 cm³/mol. The highest BCUT2D eigenvalue weighted by Gasteiger charge is 2.19. The van der Waals surface area contributed by atoms with Crippen LogP contribution in [0.5, 0.6) is 0 Å². The van der Waals surface area contributed by atoms with Crippen LogP contribution in [-0.4, -0.2) is 37.2 Å². The van der Waals surface area contributed by atoms with Gasteiger partial charge >= 0.3 is 17.9 Å². The molecule has 0 bridgehead atoms. The Morgan fingerprint density at radius 3 is 0.750 bits per heavy atom. The van der Waals surface area contributed by atoms with Gasteiger partial charge < -0.3 is 14.2 Å². The molecule has 0 aromatic carbocycles. The molecular formula is C66H126O6. The summed E-state index contributed by atoms with van der Waals surface area (Å²) < 4.78 is 16.9. The zero-order chi connectivity index (χ0) is 52.2. The summed E-state index contributed by atoms with van der Waals surface area (Å²) in [5.74, 6) is -0.851. The number of hydrogen-bond acceptors (Lipinski definition) is 6. The molecule has 0 radical (unpaired) electrons. The molecule has 0 aliphatic carbocycles. The lowest BCUT2D eigenvalue weighted by molar-refractivity contribution is -0.167. The van der Waals surface area contributed by atoms with Gasteiger partial charge in [-0.25, -0.2) is 0 Å². The summed E-state index contributed by atoms with van der Waals surface area (Å²) in [5, 5.41) is 0. The lowest BCUT2D eigenvalue weighted by atomic mass is 10.0. The lowest BCUT2D eigenvalue weighted by Gasteiger charge is -2.18. The van der Waals surface area contributed by atoms with Gasteiger partial charge in [0.2, 0.25) is 0 Å². The third-order valence-electron chi connectivity index (χ3n) is 15.0. The van der Waals surface area contributed by atoms with Crippen molar-refractivity contribution in [3.05, 3.63) is 12.2 Å². The first-order chi connectivity index (χ1) is 35.5. The number of hydrogen-bond donors (Lipinski definition) is 0. The first kappa shape index (κ1) is 70.1. The molecule has 72 heavy (non-hydrogen) atoms. The molecule has 6 nitrogen and oxygen atoms in total. The highest BCUT2D eigenvalue weighted by molar-refractivity contribution is 5.71. The molecule has 0 heterocycles. The van der Waals surface area contributed by atoms with E-state index in [4.69, 9.17) is 14.2 Å². The van der Waals surface area contributed by atoms with E-state index in [9.17, 15) is 14.4 Å². The quantitative estimate of drug-likeness (QED) is 0.0261. The second kappa shape index (κ2) is 61.7. The fraction of sp³-hybridized carbons (Fsp3) is 0.924. The largest absolute Gasteiger partial charge is 0.462 e. The summed E-state index contributed by atoms with van der Waals surface area (Å²) in [7, 11) is 0. The van der Waals surface area contributed by atoms with E-state index in [0.29, 0.717) is 19.3 Å². The maximum Gasteiger partial charge on any atom is 0.306 e. The van der Waals surface area contributed by atoms with Gasteiger partial charge in [-0.3, -0.25) is 14.4 Å². The Morgan fingerprint density at radius 2 is 0.486 bits per heavy atom. The second-order valence-corrected chi connectivity index (χ2v) is 22.4. The number of carbonyl (C=O) groups excluding carboxylic acids is 3. The average molecular weight is 1020 g/mol. The smallest absolute Gasteiger partial charge is 0.306 e. The van der Waals surface area contributed by atoms with Gasteiger partial charge in [0.15, 0.2) is 6.10 Å². The lowest BCUT2D eigenvalue weighted by Crippen LogP contribution is -2.30. The van der Waals surface area contributed by atoms with Crippen LogP contribution < -0.4 is 0 Å². The Morgan fingerprint density at radius 1 is 0.264 bits per heavy atom. The molecule has 0 amide bonds. The van der Waals surface area contributed by atoms with Gasteiger partial charge in [0, 0.05) is 19.3 Å². The number of esters is 3. The summed E-state index contributed by atoms with van der Waals surface area (Å²) in [6, 6.07) is 0. The SMILES string of the molecule is CCC/C=C\CCCCCCCC(=O)OCC(COC(=O)CCCCCCCCCCCCCCCCCCCCCCCCCCCCCCC)OC(=O)CCCCCCCCCCCCCCCCC. The summed E-state index contributed by atoms with van der Waals surface area (Å²) >= 11 is 0. The van der Waals surface area contributed by atoms with Crippen molar-refractivity contribution in [2.75, 3.05) is 13.2 Å². The molecule has 0 aliphatic heterocycles. The van der Waals surface area contributed by atoms with Crippen LogP contribution in [0, 0.1) is 0 Å². The standard InChI is InChI=1S/C66H126O6/c1-4-7-10-13-16-19-22-24-26-27-28-29-30-31-32-33-34-35-36-37-38-39-41-42-44-47-50-53-56-59-65(68)71-62-63(61-70-64(67)58-55-52-49-46-21-18-15-12-9-6-3)72-66(69)60-57-54-51-48-45-43-40-25-23-20-17-14-11-8-5-2/h12,15,63H,4-11,13-14,16-62H2,1-3H3/b15-12-. The molecule has 0 rings (SSSR count). The van der Waals surface area contributed by atoms with Gasteiger partial charge in [0.1, 0.15) is 13.2 Å². The number of carbonyl (C=O) groups is 3. The van der Waals surface area contributed by atoms with Crippen LogP contribution >= 0.6 is 0 Å². The number of ether oxygens (including phenoxy) is 3. The van der Waals surface area contributed by atoms with Gasteiger partial charge in [0.25, 0.3) is 0 Å². The maximum atomic E-state index is 12.9. The van der Waals surface area contributed by atoms with Crippen LogP contribution in [0.15, 0.2) is 12.2 Å². The minimum absolute atomic E-state index is 0.0665. The molecule has 0 saturated heterocycles. The molecule has 1 atom stereocenters. The molecule has 0 aliphatic rings. The van der Waals surface area contributed by atoms with Crippen molar-refractivity contribution in [2.24, 2.45) is 0 Å². The van der Waals surface area contributed by atoms with E-state index in [-0.39, 0.29) is 31.1 Å². The first-order valence-electron chi connectivity index (χ1n) is 32.7. The Hall–Kier alpha value is -1.85. The van der Waals surface area contributed by atoms with Crippen molar-refractivity contribution in [3.8, 4) is 0 Å². The van der Waals surface area contributed by atoms with E-state index < -0.39 is 6.10 Å². The van der Waals surface area contributed by atoms with Gasteiger partial charge in [-0.2, -0.15) is 0 Å². The zero-order valence-electron chi connectivity index (χ0n) is 49.0. The molecule has 6 heteroatoms. The Balaban J connectivity index is 4.06. The van der Waals surface area contributed by atoms with Crippen LogP contribution in [-0.2, 0) is 28.6 Å². The van der Waals surface area contributed by atoms with Crippen LogP contribution in [0.2, 0.25) is 0 Å². The van der Waals surface area contributed by atoms with Crippen LogP contribution in [0.3, 0.4) is 0 Å². The molecule has 0 fully saturated rings. The molecular weight excluding hydrogens is 889 g/mol. The van der Waals surface area contributed by atoms with Crippen molar-refractivity contribution >= 4 is 17.9 Å². The Labute approximate surface area is 450 Å². The van der Waals surface area contributed by atoms with Crippen LogP contribution in [0.4, 0.5) is 0 Å². The van der Waals surface area contributed by atoms with E-state index in [1.54, 1.807) is 0 Å². The number of rotatable bonds is 61. The van der Waals surface area contributed by atoms with E-state index in [0.717, 1.165) is 70.6 Å². The van der Waals surface area contributed by atoms with Crippen LogP contribution in [0.25, 0.3) is 0 Å². The summed E-state index contributed by atoms with van der Waals surface area (Å²) in [6.07, 6.45) is 72.5. The Kier molecular flexibility index (Phi) is 60.1. The predicted octanol–water partition coefficient (Wildman–Crippen LogP) is 22.1. The number of allylic oxidation sites excluding steroid dienone is 2. The molecule has 0 N–H and O–H groups in total. The topological polar surface area (TPSA) is 78.9 Å². The molecule has 426 valence electrons. The van der Waals surface area contributed by atoms with Gasteiger partial charge in [-0.15, -0.1) is 0 Å². The van der Waals surface area contributed by atoms with E-state index in [2.05, 4.69) is 32.9 Å². The van der Waals surface area contributed by atoms with Crippen molar-refractivity contribution in [1.82, 2.24) is 0 Å². The maximum absolute atomic E-state index is 12.9. The average Bonchev–Trinajstić information content (AvgIpc) is 3.38. The third kappa shape index (κ3) is 59.0. The fourth-order valence-corrected chi connectivity index (χ4v) is 10.1. The highest BCUT2D eigenvalue weighted by Crippen LogP contribution is 2.19. The summed E-state index contributed by atoms with van der Waals surface area (Å²) in [4.78, 5) is 38.1. The Bertz CT molecular complexity index is 1120. The van der Waals surface area contributed by atoms with Gasteiger partial charge in [-0.1, -0.05) is 328 Å². The molecule has 0 aromatic rings. The highest BCUT2D eigenvalue weighted by atomic mass is 16.6. The van der Waals surface area contributed by atoms with Gasteiger partial charge in [-0.05, 0) is 38.5 Å². The van der Waals surface area contributed by atoms with E-state index in [1.165, 1.54) is 263 Å². The van der Waals surface area contributed by atoms with Gasteiger partial charge in [0.05, 0.1) is 0 Å². The van der Waals surface area contributed by atoms with Crippen molar-refractivity contribution < 1.29 is 28.6 Å². The van der Waals surface area contributed by atoms with E-state index >= 15 is 0 Å². The van der Waals surface area contributed by atoms with E-state index in [1.807, 2.05) is 0 Å². The first-order valence-corrected chi connectivity index (χ1v) is 32.7. The number of unbranched alkanes of at least 4 members (excludes halogenated alkanes) is 48. The normalized spacial score (nSPS) is 12.0. The molecule has 0 saturated carbocycles. The van der Waals surface area contributed by atoms with Crippen molar-refractivity contribution in [3.63, 3.8) is 0 Å². The summed E-state index contributed by atoms with van der Waals surface area (Å²) in [5.41, 5.74) is 0. The summed E-state index contributed by atoms with van der Waals surface area (Å²) in [6.45, 7) is 6.64. The molecule has 0 spiro atoms. The van der Waals surface area contributed by atoms with Crippen molar-refractivity contribution in [1.29, 1.82) is 0 Å². The van der Waals surface area contributed by atoms with Crippen LogP contribution in [0.1, 0.15) is 374 Å². The second-order valence-electron chi connectivity index (χ2n) is 22.4. The zero-order valence-corrected chi connectivity index (χ0v) is 49.0. The monoisotopic (exact) mass is 1010 g/mol. The fourth-order valence-electron chi connectivity index (χ4n) is 10.1. The molecule has 1 unspecified atom stereocenters. The van der Waals surface area contributed by atoms with Crippen molar-refractivity contribution in [2.45, 2.75) is 380 Å². The third-order valence-corrected chi connectivity index (χ3v) is 15.0.